The second-order valence-electron chi connectivity index (χ2n) is 7.41. The molecule has 0 unspecified atom stereocenters. The van der Waals surface area contributed by atoms with Crippen molar-refractivity contribution in [1.29, 1.82) is 0 Å². The van der Waals surface area contributed by atoms with Crippen LogP contribution in [0, 0.1) is 6.92 Å². The number of rotatable bonds is 9. The number of sulfonamides is 1. The van der Waals surface area contributed by atoms with Gasteiger partial charge in [0.05, 0.1) is 22.1 Å². The molecule has 0 radical (unpaired) electrons. The Morgan fingerprint density at radius 3 is 2.40 bits per heavy atom. The summed E-state index contributed by atoms with van der Waals surface area (Å²) in [5, 5.41) is 3.21. The van der Waals surface area contributed by atoms with E-state index in [2.05, 4.69) is 20.0 Å². The van der Waals surface area contributed by atoms with Crippen molar-refractivity contribution in [2.45, 2.75) is 18.4 Å². The molecule has 0 bridgehead atoms. The Morgan fingerprint density at radius 1 is 1.00 bits per heavy atom. The molecule has 4 aromatic rings. The number of nitrogens with one attached hydrogen (secondary N) is 2. The second-order valence-corrected chi connectivity index (χ2v) is 10.5. The van der Waals surface area contributed by atoms with Gasteiger partial charge in [-0.2, -0.15) is 0 Å². The Kier molecular flexibility index (Phi) is 7.76. The van der Waals surface area contributed by atoms with Gasteiger partial charge in [0.15, 0.2) is 5.13 Å². The van der Waals surface area contributed by atoms with Gasteiger partial charge in [-0.05, 0) is 36.8 Å². The highest BCUT2D eigenvalue weighted by molar-refractivity contribution is 7.92. The highest BCUT2D eigenvalue weighted by Gasteiger charge is 2.21. The van der Waals surface area contributed by atoms with E-state index in [0.29, 0.717) is 27.9 Å². The smallest absolute Gasteiger partial charge is 0.263 e. The van der Waals surface area contributed by atoms with Gasteiger partial charge in [0.1, 0.15) is 17.6 Å². The molecule has 0 saturated heterocycles. The van der Waals surface area contributed by atoms with Gasteiger partial charge in [0.2, 0.25) is 0 Å². The predicted molar refractivity (Wildman–Crippen MR) is 137 cm³/mol. The number of carbonyl (C=O) groups excluding carboxylic acids is 1. The van der Waals surface area contributed by atoms with Crippen LogP contribution in [-0.4, -0.2) is 30.9 Å². The molecular formula is C24H21ClN4O4S2. The van der Waals surface area contributed by atoms with E-state index in [1.165, 1.54) is 23.5 Å². The van der Waals surface area contributed by atoms with E-state index in [0.717, 1.165) is 5.56 Å². The number of aryl methyl sites for hydroxylation is 1. The van der Waals surface area contributed by atoms with E-state index in [1.807, 2.05) is 30.3 Å². The molecular weight excluding hydrogens is 508 g/mol. The van der Waals surface area contributed by atoms with Crippen molar-refractivity contribution in [3.63, 3.8) is 0 Å². The van der Waals surface area contributed by atoms with Crippen molar-refractivity contribution in [2.75, 3.05) is 16.6 Å². The molecule has 2 N–H and O–H groups in total. The van der Waals surface area contributed by atoms with Gasteiger partial charge in [-0.15, -0.1) is 0 Å². The van der Waals surface area contributed by atoms with Crippen molar-refractivity contribution in [3.05, 3.63) is 89.2 Å². The quantitative estimate of drug-likeness (QED) is 0.292. The largest absolute Gasteiger partial charge is 0.367 e. The number of ether oxygens (including phenoxy) is 1. The van der Waals surface area contributed by atoms with Crippen LogP contribution in [0.4, 0.5) is 10.9 Å². The molecule has 35 heavy (non-hydrogen) atoms. The summed E-state index contributed by atoms with van der Waals surface area (Å²) in [6, 6.07) is 20.7. The Labute approximate surface area is 212 Å². The van der Waals surface area contributed by atoms with Crippen molar-refractivity contribution in [1.82, 2.24) is 9.97 Å². The first kappa shape index (κ1) is 24.8. The zero-order valence-corrected chi connectivity index (χ0v) is 21.0. The van der Waals surface area contributed by atoms with E-state index in [1.54, 1.807) is 37.3 Å². The molecule has 8 nitrogen and oxygen atoms in total. The molecule has 11 heteroatoms. The second kappa shape index (κ2) is 11.0. The van der Waals surface area contributed by atoms with Gasteiger partial charge in [-0.25, -0.2) is 18.4 Å². The van der Waals surface area contributed by atoms with Crippen LogP contribution in [0.1, 0.15) is 11.3 Å². The molecule has 0 fully saturated rings. The molecule has 0 aliphatic carbocycles. The highest BCUT2D eigenvalue weighted by Crippen LogP contribution is 2.37. The molecule has 0 atom stereocenters. The Balaban J connectivity index is 1.50. The summed E-state index contributed by atoms with van der Waals surface area (Å²) in [5.41, 5.74) is 2.05. The van der Waals surface area contributed by atoms with Crippen molar-refractivity contribution in [3.8, 4) is 10.4 Å². The lowest BCUT2D eigenvalue weighted by Crippen LogP contribution is -2.18. The van der Waals surface area contributed by atoms with E-state index in [4.69, 9.17) is 16.3 Å². The first-order chi connectivity index (χ1) is 16.8. The summed E-state index contributed by atoms with van der Waals surface area (Å²) in [6.07, 6.45) is 0. The van der Waals surface area contributed by atoms with Gasteiger partial charge in [-0.1, -0.05) is 71.5 Å². The van der Waals surface area contributed by atoms with Crippen LogP contribution in [0.3, 0.4) is 0 Å². The van der Waals surface area contributed by atoms with Crippen LogP contribution in [0.25, 0.3) is 10.4 Å². The molecule has 2 aromatic carbocycles. The highest BCUT2D eigenvalue weighted by atomic mass is 35.5. The number of aromatic nitrogens is 2. The fourth-order valence-electron chi connectivity index (χ4n) is 3.17. The molecule has 2 heterocycles. The zero-order chi connectivity index (χ0) is 24.8. The maximum atomic E-state index is 12.9. The molecule has 2 aromatic heterocycles. The molecule has 0 aliphatic heterocycles. The number of hydrogen-bond acceptors (Lipinski definition) is 7. The third-order valence-electron chi connectivity index (χ3n) is 4.78. The molecule has 4 rings (SSSR count). The number of benzene rings is 2. The van der Waals surface area contributed by atoms with Crippen molar-refractivity contribution in [2.24, 2.45) is 0 Å². The average Bonchev–Trinajstić information content (AvgIpc) is 3.19. The van der Waals surface area contributed by atoms with Crippen LogP contribution in [0.15, 0.2) is 77.7 Å². The van der Waals surface area contributed by atoms with Crippen molar-refractivity contribution >= 4 is 49.8 Å². The van der Waals surface area contributed by atoms with Crippen molar-refractivity contribution < 1.29 is 17.9 Å². The third-order valence-corrected chi connectivity index (χ3v) is 7.45. The van der Waals surface area contributed by atoms with Crippen LogP contribution >= 0.6 is 22.9 Å². The summed E-state index contributed by atoms with van der Waals surface area (Å²) in [4.78, 5) is 21.7. The molecule has 0 saturated carbocycles. The van der Waals surface area contributed by atoms with Gasteiger partial charge < -0.3 is 4.74 Å². The molecule has 180 valence electrons. The lowest BCUT2D eigenvalue weighted by Gasteiger charge is -2.11. The van der Waals surface area contributed by atoms with Crippen LogP contribution < -0.4 is 10.0 Å². The minimum absolute atomic E-state index is 0.0668. The summed E-state index contributed by atoms with van der Waals surface area (Å²) in [6.45, 7) is 1.95. The van der Waals surface area contributed by atoms with Gasteiger partial charge >= 0.3 is 0 Å². The SMILES string of the molecule is Cc1nc(NC(=O)COCc2ccccc2)sc1-c1ccc(Cl)nc1NS(=O)(=O)c1ccccc1. The fourth-order valence-corrected chi connectivity index (χ4v) is 5.37. The van der Waals surface area contributed by atoms with Crippen LogP contribution in [-0.2, 0) is 26.2 Å². The Hall–Kier alpha value is -3.31. The summed E-state index contributed by atoms with van der Waals surface area (Å²) in [5.74, 6) is -0.280. The molecule has 0 aliphatic rings. The van der Waals surface area contributed by atoms with Gasteiger partial charge in [0, 0.05) is 5.56 Å². The lowest BCUT2D eigenvalue weighted by molar-refractivity contribution is -0.121. The molecule has 0 spiro atoms. The Morgan fingerprint density at radius 2 is 1.69 bits per heavy atom. The normalized spacial score (nSPS) is 11.3. The van der Waals surface area contributed by atoms with E-state index in [-0.39, 0.29) is 28.4 Å². The minimum Gasteiger partial charge on any atom is -0.367 e. The number of nitrogens with zero attached hydrogens (tertiary/aromatic N) is 2. The Bertz CT molecular complexity index is 1430. The first-order valence-electron chi connectivity index (χ1n) is 10.5. The average molecular weight is 529 g/mol. The summed E-state index contributed by atoms with van der Waals surface area (Å²) in [7, 11) is -3.89. The van der Waals surface area contributed by atoms with E-state index >= 15 is 0 Å². The number of anilines is 2. The van der Waals surface area contributed by atoms with Gasteiger partial charge in [-0.3, -0.25) is 14.8 Å². The lowest BCUT2D eigenvalue weighted by atomic mass is 10.2. The maximum Gasteiger partial charge on any atom is 0.263 e. The standard InChI is InChI=1S/C24H21ClN4O4S2/c1-16-22(34-24(26-16)28-21(30)15-33-14-17-8-4-2-5-9-17)19-12-13-20(25)27-23(19)29-35(31,32)18-10-6-3-7-11-18/h2-13H,14-15H2,1H3,(H,27,29)(H,26,28,30). The third kappa shape index (κ3) is 6.43. The predicted octanol–water partition coefficient (Wildman–Crippen LogP) is 5.12. The topological polar surface area (TPSA) is 110 Å². The number of halogens is 1. The van der Waals surface area contributed by atoms with Crippen LogP contribution in [0.5, 0.6) is 0 Å². The number of pyridine rings is 1. The molecule has 1 amide bonds. The van der Waals surface area contributed by atoms with Crippen LogP contribution in [0.2, 0.25) is 5.15 Å². The van der Waals surface area contributed by atoms with E-state index < -0.39 is 10.0 Å². The summed E-state index contributed by atoms with van der Waals surface area (Å²) < 4.78 is 33.7. The number of hydrogen-bond donors (Lipinski definition) is 2. The minimum atomic E-state index is -3.89. The monoisotopic (exact) mass is 528 g/mol. The van der Waals surface area contributed by atoms with E-state index in [9.17, 15) is 13.2 Å². The maximum absolute atomic E-state index is 12.9. The summed E-state index contributed by atoms with van der Waals surface area (Å²) >= 11 is 7.25. The first-order valence-corrected chi connectivity index (χ1v) is 13.1. The number of carbonyl (C=O) groups is 1. The number of amides is 1. The van der Waals surface area contributed by atoms with Gasteiger partial charge in [0.25, 0.3) is 15.9 Å². The number of thiazole rings is 1. The zero-order valence-electron chi connectivity index (χ0n) is 18.6. The fraction of sp³-hybridized carbons (Fsp3) is 0.125.